The van der Waals surface area contributed by atoms with Crippen LogP contribution in [0.3, 0.4) is 0 Å². The molecule has 0 aromatic heterocycles. The normalized spacial score (nSPS) is 11.8. The molecule has 1 rings (SSSR count). The van der Waals surface area contributed by atoms with Crippen LogP contribution in [0.2, 0.25) is 0 Å². The van der Waals surface area contributed by atoms with E-state index in [2.05, 4.69) is 0 Å². The summed E-state index contributed by atoms with van der Waals surface area (Å²) in [7, 11) is 0. The number of halogens is 2. The van der Waals surface area contributed by atoms with Crippen LogP contribution in [0.15, 0.2) is 18.2 Å². The van der Waals surface area contributed by atoms with E-state index in [-0.39, 0.29) is 0 Å². The quantitative estimate of drug-likeness (QED) is 0.795. The molecule has 0 radical (unpaired) electrons. The van der Waals surface area contributed by atoms with Crippen LogP contribution in [0.4, 0.5) is 8.78 Å². The van der Waals surface area contributed by atoms with Gasteiger partial charge in [0, 0.05) is 6.07 Å². The van der Waals surface area contributed by atoms with Gasteiger partial charge in [0.25, 0.3) is 0 Å². The van der Waals surface area contributed by atoms with Crippen molar-refractivity contribution in [2.75, 3.05) is 0 Å². The Hall–Kier alpha value is -0.960. The average Bonchev–Trinajstić information content (AvgIpc) is 2.15. The molecule has 0 amide bonds. The summed E-state index contributed by atoms with van der Waals surface area (Å²) in [5.41, 5.74) is -0.817. The lowest BCUT2D eigenvalue weighted by atomic mass is 9.88. The highest BCUT2D eigenvalue weighted by Crippen LogP contribution is 2.29. The molecule has 14 heavy (non-hydrogen) atoms. The summed E-state index contributed by atoms with van der Waals surface area (Å²) in [4.78, 5) is 0. The van der Waals surface area contributed by atoms with Crippen molar-refractivity contribution in [3.63, 3.8) is 0 Å². The Bertz CT molecular complexity index is 299. The number of benzene rings is 1. The Kier molecular flexibility index (Phi) is 3.21. The molecule has 0 aliphatic carbocycles. The lowest BCUT2D eigenvalue weighted by Gasteiger charge is -2.25. The fourth-order valence-corrected chi connectivity index (χ4v) is 1.48. The second-order valence-electron chi connectivity index (χ2n) is 3.40. The summed E-state index contributed by atoms with van der Waals surface area (Å²) in [6, 6.07) is 3.15. The predicted molar refractivity (Wildman–Crippen MR) is 50.8 cm³/mol. The van der Waals surface area contributed by atoms with Gasteiger partial charge in [0.1, 0.15) is 11.6 Å². The molecule has 0 heterocycles. The van der Waals surface area contributed by atoms with Crippen molar-refractivity contribution >= 4 is 0 Å². The molecule has 0 unspecified atom stereocenters. The second kappa shape index (κ2) is 4.05. The van der Waals surface area contributed by atoms with Gasteiger partial charge >= 0.3 is 0 Å². The zero-order valence-electron chi connectivity index (χ0n) is 8.35. The van der Waals surface area contributed by atoms with E-state index in [1.165, 1.54) is 12.1 Å². The molecular formula is C11H14F2O. The van der Waals surface area contributed by atoms with Crippen molar-refractivity contribution in [2.24, 2.45) is 0 Å². The van der Waals surface area contributed by atoms with Crippen molar-refractivity contribution in [2.45, 2.75) is 32.3 Å². The average molecular weight is 200 g/mol. The molecule has 78 valence electrons. The largest absolute Gasteiger partial charge is 0.385 e. The molecule has 1 nitrogen and oxygen atoms in total. The van der Waals surface area contributed by atoms with E-state index in [9.17, 15) is 13.9 Å². The van der Waals surface area contributed by atoms with E-state index in [0.29, 0.717) is 18.4 Å². The van der Waals surface area contributed by atoms with Gasteiger partial charge in [-0.2, -0.15) is 0 Å². The van der Waals surface area contributed by atoms with Gasteiger partial charge in [-0.1, -0.05) is 13.8 Å². The number of hydrogen-bond donors (Lipinski definition) is 1. The Labute approximate surface area is 82.4 Å². The van der Waals surface area contributed by atoms with E-state index >= 15 is 0 Å². The number of hydrogen-bond acceptors (Lipinski definition) is 1. The molecule has 1 aromatic rings. The molecule has 0 bridgehead atoms. The Morgan fingerprint density at radius 1 is 1.07 bits per heavy atom. The van der Waals surface area contributed by atoms with Crippen LogP contribution >= 0.6 is 0 Å². The van der Waals surface area contributed by atoms with Gasteiger partial charge in [-0.3, -0.25) is 0 Å². The Morgan fingerprint density at radius 2 is 1.50 bits per heavy atom. The van der Waals surface area contributed by atoms with Gasteiger partial charge < -0.3 is 5.11 Å². The van der Waals surface area contributed by atoms with Crippen molar-refractivity contribution in [3.8, 4) is 0 Å². The summed E-state index contributed by atoms with van der Waals surface area (Å²) >= 11 is 0. The van der Waals surface area contributed by atoms with Crippen molar-refractivity contribution in [1.29, 1.82) is 0 Å². The molecular weight excluding hydrogens is 186 g/mol. The lowest BCUT2D eigenvalue weighted by molar-refractivity contribution is 0.0277. The van der Waals surface area contributed by atoms with Gasteiger partial charge in [0.15, 0.2) is 0 Å². The van der Waals surface area contributed by atoms with E-state index in [1.54, 1.807) is 13.8 Å². The maximum absolute atomic E-state index is 12.9. The summed E-state index contributed by atoms with van der Waals surface area (Å²) in [5, 5.41) is 10.0. The van der Waals surface area contributed by atoms with Gasteiger partial charge in [0.2, 0.25) is 0 Å². The monoisotopic (exact) mass is 200 g/mol. The Balaban J connectivity index is 3.17. The molecule has 3 heteroatoms. The SMILES string of the molecule is CCC(O)(CC)c1cc(F)cc(F)c1. The van der Waals surface area contributed by atoms with E-state index in [0.717, 1.165) is 6.07 Å². The highest BCUT2D eigenvalue weighted by atomic mass is 19.1. The topological polar surface area (TPSA) is 20.2 Å². The van der Waals surface area contributed by atoms with Crippen molar-refractivity contribution in [1.82, 2.24) is 0 Å². The fraction of sp³-hybridized carbons (Fsp3) is 0.455. The van der Waals surface area contributed by atoms with Gasteiger partial charge in [-0.05, 0) is 30.5 Å². The first kappa shape index (κ1) is 11.1. The third-order valence-electron chi connectivity index (χ3n) is 2.57. The zero-order chi connectivity index (χ0) is 10.8. The molecule has 1 aromatic carbocycles. The summed E-state index contributed by atoms with van der Waals surface area (Å²) < 4.78 is 25.8. The molecule has 1 N–H and O–H groups in total. The zero-order valence-corrected chi connectivity index (χ0v) is 8.35. The van der Waals surface area contributed by atoms with Crippen LogP contribution in [0.5, 0.6) is 0 Å². The van der Waals surface area contributed by atoms with Crippen LogP contribution in [0.1, 0.15) is 32.3 Å². The first-order chi connectivity index (χ1) is 6.51. The minimum absolute atomic E-state index is 0.306. The second-order valence-corrected chi connectivity index (χ2v) is 3.40. The Morgan fingerprint density at radius 3 is 1.86 bits per heavy atom. The van der Waals surface area contributed by atoms with E-state index < -0.39 is 17.2 Å². The molecule has 0 saturated carbocycles. The summed E-state index contributed by atoms with van der Waals surface area (Å²) in [6.07, 6.45) is 0.874. The molecule has 0 fully saturated rings. The lowest BCUT2D eigenvalue weighted by Crippen LogP contribution is -2.23. The predicted octanol–water partition coefficient (Wildman–Crippen LogP) is 2.97. The van der Waals surface area contributed by atoms with Crippen LogP contribution in [-0.2, 0) is 5.60 Å². The maximum atomic E-state index is 12.9. The van der Waals surface area contributed by atoms with Crippen LogP contribution in [0.25, 0.3) is 0 Å². The number of rotatable bonds is 3. The molecule has 0 atom stereocenters. The fourth-order valence-electron chi connectivity index (χ4n) is 1.48. The molecule has 0 aliphatic rings. The maximum Gasteiger partial charge on any atom is 0.126 e. The minimum Gasteiger partial charge on any atom is -0.385 e. The van der Waals surface area contributed by atoms with Crippen molar-refractivity contribution < 1.29 is 13.9 Å². The first-order valence-corrected chi connectivity index (χ1v) is 4.70. The van der Waals surface area contributed by atoms with E-state index in [4.69, 9.17) is 0 Å². The van der Waals surface area contributed by atoms with Crippen LogP contribution < -0.4 is 0 Å². The third kappa shape index (κ3) is 2.10. The number of aliphatic hydroxyl groups is 1. The summed E-state index contributed by atoms with van der Waals surface area (Å²) in [5.74, 6) is -1.30. The highest BCUT2D eigenvalue weighted by molar-refractivity contribution is 5.24. The smallest absolute Gasteiger partial charge is 0.126 e. The third-order valence-corrected chi connectivity index (χ3v) is 2.57. The molecule has 0 saturated heterocycles. The van der Waals surface area contributed by atoms with Crippen molar-refractivity contribution in [3.05, 3.63) is 35.4 Å². The van der Waals surface area contributed by atoms with Gasteiger partial charge in [-0.25, -0.2) is 8.78 Å². The van der Waals surface area contributed by atoms with Crippen LogP contribution in [0, 0.1) is 11.6 Å². The van der Waals surface area contributed by atoms with Gasteiger partial charge in [0.05, 0.1) is 5.60 Å². The van der Waals surface area contributed by atoms with Gasteiger partial charge in [-0.15, -0.1) is 0 Å². The standard InChI is InChI=1S/C11H14F2O/c1-3-11(14,4-2)8-5-9(12)7-10(13)6-8/h5-7,14H,3-4H2,1-2H3. The summed E-state index contributed by atoms with van der Waals surface area (Å²) in [6.45, 7) is 3.57. The first-order valence-electron chi connectivity index (χ1n) is 4.70. The molecule has 0 spiro atoms. The van der Waals surface area contributed by atoms with Crippen LogP contribution in [-0.4, -0.2) is 5.11 Å². The molecule has 0 aliphatic heterocycles. The minimum atomic E-state index is -1.12. The van der Waals surface area contributed by atoms with E-state index in [1.807, 2.05) is 0 Å². The highest BCUT2D eigenvalue weighted by Gasteiger charge is 2.25.